The Morgan fingerprint density at radius 1 is 0.304 bits per heavy atom. The molecule has 0 fully saturated rings. The summed E-state index contributed by atoms with van der Waals surface area (Å²) >= 11 is 0. The molecule has 11 aromatic rings. The molecule has 11 rings (SSSR count). The van der Waals surface area contributed by atoms with Gasteiger partial charge in [-0.1, -0.05) is 164 Å². The summed E-state index contributed by atoms with van der Waals surface area (Å²) in [5.41, 5.74) is 12.3. The van der Waals surface area contributed by atoms with Gasteiger partial charge in [-0.25, -0.2) is 0 Å². The third kappa shape index (κ3) is 5.34. The maximum Gasteiger partial charge on any atom is 0.136 e. The van der Waals surface area contributed by atoms with E-state index >= 15 is 0 Å². The minimum Gasteiger partial charge on any atom is -0.456 e. The highest BCUT2D eigenvalue weighted by Gasteiger charge is 2.20. The molecule has 0 radical (unpaired) electrons. The molecule has 1 heterocycles. The molecule has 0 atom stereocenters. The van der Waals surface area contributed by atoms with Crippen molar-refractivity contribution < 1.29 is 4.42 Å². The monoisotopic (exact) mass is 713 g/mol. The van der Waals surface area contributed by atoms with Crippen LogP contribution in [0.5, 0.6) is 0 Å². The van der Waals surface area contributed by atoms with Crippen LogP contribution in [0.15, 0.2) is 217 Å². The third-order valence-electron chi connectivity index (χ3n) is 11.2. The van der Waals surface area contributed by atoms with Crippen molar-refractivity contribution in [3.8, 4) is 33.4 Å². The van der Waals surface area contributed by atoms with E-state index in [2.05, 4.69) is 205 Å². The molecular formula is C54H35NO. The molecule has 56 heavy (non-hydrogen) atoms. The normalized spacial score (nSPS) is 11.6. The zero-order valence-corrected chi connectivity index (χ0v) is 30.6. The van der Waals surface area contributed by atoms with Crippen molar-refractivity contribution in [1.29, 1.82) is 0 Å². The molecule has 0 aliphatic carbocycles. The first-order chi connectivity index (χ1) is 27.8. The predicted octanol–water partition coefficient (Wildman–Crippen LogP) is 15.5. The molecule has 0 saturated carbocycles. The Hall–Kier alpha value is -7.42. The fourth-order valence-electron chi connectivity index (χ4n) is 8.57. The second-order valence-corrected chi connectivity index (χ2v) is 14.5. The lowest BCUT2D eigenvalue weighted by molar-refractivity contribution is 0.669. The van der Waals surface area contributed by atoms with Crippen molar-refractivity contribution in [1.82, 2.24) is 0 Å². The van der Waals surface area contributed by atoms with Gasteiger partial charge in [0.15, 0.2) is 0 Å². The molecule has 2 heteroatoms. The summed E-state index contributed by atoms with van der Waals surface area (Å²) in [6, 6.07) is 76.6. The maximum atomic E-state index is 6.22. The van der Waals surface area contributed by atoms with E-state index in [9.17, 15) is 0 Å². The average Bonchev–Trinajstić information content (AvgIpc) is 3.66. The second kappa shape index (κ2) is 13.2. The van der Waals surface area contributed by atoms with E-state index in [-0.39, 0.29) is 0 Å². The van der Waals surface area contributed by atoms with Crippen LogP contribution in [-0.2, 0) is 0 Å². The average molecular weight is 714 g/mol. The summed E-state index contributed by atoms with van der Waals surface area (Å²) in [7, 11) is 0. The van der Waals surface area contributed by atoms with Gasteiger partial charge in [-0.2, -0.15) is 0 Å². The smallest absolute Gasteiger partial charge is 0.136 e. The van der Waals surface area contributed by atoms with Crippen LogP contribution in [0.4, 0.5) is 17.1 Å². The number of rotatable bonds is 6. The number of hydrogen-bond acceptors (Lipinski definition) is 2. The molecule has 1 aromatic heterocycles. The van der Waals surface area contributed by atoms with Gasteiger partial charge >= 0.3 is 0 Å². The molecule has 0 unspecified atom stereocenters. The first kappa shape index (κ1) is 32.0. The molecule has 0 aliphatic heterocycles. The minimum atomic E-state index is 0.919. The topological polar surface area (TPSA) is 16.4 Å². The Labute approximate surface area is 325 Å². The lowest BCUT2D eigenvalue weighted by atomic mass is 9.94. The van der Waals surface area contributed by atoms with Crippen LogP contribution < -0.4 is 4.90 Å². The Kier molecular flexibility index (Phi) is 7.53. The van der Waals surface area contributed by atoms with Crippen LogP contribution in [-0.4, -0.2) is 0 Å². The van der Waals surface area contributed by atoms with Crippen LogP contribution in [0.1, 0.15) is 0 Å². The SMILES string of the molecule is c1ccc(-c2ccccc2N(c2ccc(-c3ccc4ccccc4c3)cc2)c2cccc3c(-c4ccc5c(ccc6oc7ccccc7c65)c4)cccc23)cc1. The van der Waals surface area contributed by atoms with E-state index in [4.69, 9.17) is 4.42 Å². The molecule has 0 spiro atoms. The van der Waals surface area contributed by atoms with Gasteiger partial charge in [-0.15, -0.1) is 0 Å². The summed E-state index contributed by atoms with van der Waals surface area (Å²) < 4.78 is 6.22. The second-order valence-electron chi connectivity index (χ2n) is 14.5. The van der Waals surface area contributed by atoms with Crippen LogP contribution in [0.3, 0.4) is 0 Å². The molecule has 10 aromatic carbocycles. The Morgan fingerprint density at radius 3 is 1.86 bits per heavy atom. The minimum absolute atomic E-state index is 0.919. The van der Waals surface area contributed by atoms with Gasteiger partial charge in [0.2, 0.25) is 0 Å². The van der Waals surface area contributed by atoms with Gasteiger partial charge in [0.05, 0.1) is 11.4 Å². The lowest BCUT2D eigenvalue weighted by Crippen LogP contribution is -2.11. The largest absolute Gasteiger partial charge is 0.456 e. The Bertz CT molecular complexity index is 3250. The number of nitrogens with zero attached hydrogens (tertiary/aromatic N) is 1. The zero-order chi connectivity index (χ0) is 37.0. The molecule has 0 aliphatic rings. The van der Waals surface area contributed by atoms with Crippen molar-refractivity contribution in [3.63, 3.8) is 0 Å². The lowest BCUT2D eigenvalue weighted by Gasteiger charge is -2.29. The number of furan rings is 1. The van der Waals surface area contributed by atoms with E-state index in [0.717, 1.165) is 33.6 Å². The molecule has 0 N–H and O–H groups in total. The summed E-state index contributed by atoms with van der Waals surface area (Å²) in [4.78, 5) is 2.43. The van der Waals surface area contributed by atoms with Crippen molar-refractivity contribution in [3.05, 3.63) is 212 Å². The zero-order valence-electron chi connectivity index (χ0n) is 30.6. The van der Waals surface area contributed by atoms with Crippen molar-refractivity contribution in [2.75, 3.05) is 4.90 Å². The fourth-order valence-corrected chi connectivity index (χ4v) is 8.57. The third-order valence-corrected chi connectivity index (χ3v) is 11.2. The number of benzene rings is 10. The van der Waals surface area contributed by atoms with Gasteiger partial charge in [0.25, 0.3) is 0 Å². The van der Waals surface area contributed by atoms with E-state index in [1.807, 2.05) is 12.1 Å². The van der Waals surface area contributed by atoms with E-state index in [1.165, 1.54) is 71.1 Å². The standard InChI is InChI=1S/C54H35NO/c1-2-13-38(14-3-1)45-16-6-8-21-50(45)55(43-30-26-37(27-31-43)40-25-24-36-12-4-5-15-39(36)34-40)51-22-11-19-47-44(18-10-20-48(47)51)41-28-32-46-42(35-41)29-33-53-54(46)49-17-7-9-23-52(49)56-53/h1-35H. The van der Waals surface area contributed by atoms with Crippen molar-refractivity contribution in [2.24, 2.45) is 0 Å². The first-order valence-corrected chi connectivity index (χ1v) is 19.2. The summed E-state index contributed by atoms with van der Waals surface area (Å²) in [5, 5.41) is 9.60. The highest BCUT2D eigenvalue weighted by Crippen LogP contribution is 2.45. The van der Waals surface area contributed by atoms with Crippen LogP contribution in [0.2, 0.25) is 0 Å². The predicted molar refractivity (Wildman–Crippen MR) is 237 cm³/mol. The number of fused-ring (bicyclic) bond motifs is 7. The fraction of sp³-hybridized carbons (Fsp3) is 0. The van der Waals surface area contributed by atoms with Crippen molar-refractivity contribution >= 4 is 71.3 Å². The van der Waals surface area contributed by atoms with Crippen LogP contribution in [0, 0.1) is 0 Å². The molecule has 0 amide bonds. The van der Waals surface area contributed by atoms with Crippen molar-refractivity contribution in [2.45, 2.75) is 0 Å². The highest BCUT2D eigenvalue weighted by molar-refractivity contribution is 6.19. The summed E-state index contributed by atoms with van der Waals surface area (Å²) in [6.07, 6.45) is 0. The van der Waals surface area contributed by atoms with E-state index in [1.54, 1.807) is 0 Å². The van der Waals surface area contributed by atoms with Crippen LogP contribution >= 0.6 is 0 Å². The molecule has 0 bridgehead atoms. The van der Waals surface area contributed by atoms with Gasteiger partial charge < -0.3 is 9.32 Å². The molecule has 262 valence electrons. The highest BCUT2D eigenvalue weighted by atomic mass is 16.3. The molecule has 0 saturated heterocycles. The summed E-state index contributed by atoms with van der Waals surface area (Å²) in [6.45, 7) is 0. The Morgan fingerprint density at radius 2 is 0.946 bits per heavy atom. The van der Waals surface area contributed by atoms with Gasteiger partial charge in [-0.05, 0) is 103 Å². The first-order valence-electron chi connectivity index (χ1n) is 19.2. The van der Waals surface area contributed by atoms with Gasteiger partial charge in [-0.3, -0.25) is 0 Å². The van der Waals surface area contributed by atoms with E-state index in [0.29, 0.717) is 0 Å². The molecular weight excluding hydrogens is 679 g/mol. The Balaban J connectivity index is 1.08. The van der Waals surface area contributed by atoms with Gasteiger partial charge in [0.1, 0.15) is 11.2 Å². The quantitative estimate of drug-likeness (QED) is 0.171. The van der Waals surface area contributed by atoms with Gasteiger partial charge in [0, 0.05) is 27.4 Å². The number of anilines is 3. The van der Waals surface area contributed by atoms with E-state index < -0.39 is 0 Å². The molecule has 2 nitrogen and oxygen atoms in total. The van der Waals surface area contributed by atoms with Crippen LogP contribution in [0.25, 0.3) is 87.6 Å². The number of para-hydroxylation sites is 2. The number of hydrogen-bond donors (Lipinski definition) is 0. The summed E-state index contributed by atoms with van der Waals surface area (Å²) in [5.74, 6) is 0. The maximum absolute atomic E-state index is 6.22.